The summed E-state index contributed by atoms with van der Waals surface area (Å²) in [5, 5.41) is 0. The zero-order chi connectivity index (χ0) is 20.7. The Balaban J connectivity index is 2.25. The average molecular weight is 420 g/mol. The van der Waals surface area contributed by atoms with Gasteiger partial charge in [-0.2, -0.15) is 0 Å². The number of pyridine rings is 1. The van der Waals surface area contributed by atoms with E-state index in [0.29, 0.717) is 0 Å². The third kappa shape index (κ3) is 4.19. The molecule has 0 radical (unpaired) electrons. The summed E-state index contributed by atoms with van der Waals surface area (Å²) >= 11 is -2.10. The number of rotatable bonds is 4. The Kier molecular flexibility index (Phi) is 5.23. The Morgan fingerprint density at radius 3 is 2.19 bits per heavy atom. The minimum absolute atomic E-state index is 0.609. The zero-order valence-corrected chi connectivity index (χ0v) is 19.8. The second-order valence-electron chi connectivity index (χ2n) is 8.74. The van der Waals surface area contributed by atoms with Crippen LogP contribution in [0, 0.1) is 6.92 Å². The van der Waals surface area contributed by atoms with Crippen molar-refractivity contribution in [3.8, 4) is 22.4 Å². The molecule has 0 N–H and O–H groups in total. The molecule has 0 aliphatic carbocycles. The molecule has 0 atom stereocenters. The van der Waals surface area contributed by atoms with Crippen molar-refractivity contribution in [3.05, 3.63) is 71.9 Å². The molecule has 0 saturated carbocycles. The van der Waals surface area contributed by atoms with Crippen LogP contribution in [-0.4, -0.2) is 13.3 Å². The molecule has 0 aliphatic rings. The third-order valence-electron chi connectivity index (χ3n) is 5.24. The molecule has 140 valence electrons. The molecule has 0 unspecified atom stereocenters. The quantitative estimate of drug-likeness (QED) is 0.370. The predicted molar refractivity (Wildman–Crippen MR) is 120 cm³/mol. The fourth-order valence-electron chi connectivity index (χ4n) is 3.64. The molecular formula is C25H32GeN+. The summed E-state index contributed by atoms with van der Waals surface area (Å²) in [6.07, 6.45) is 2.30. The minimum atomic E-state index is -2.10. The summed E-state index contributed by atoms with van der Waals surface area (Å²) in [4.78, 5) is 0. The second-order valence-corrected chi connectivity index (χ2v) is 19.3. The van der Waals surface area contributed by atoms with E-state index in [2.05, 4.69) is 96.6 Å². The van der Waals surface area contributed by atoms with Crippen molar-refractivity contribution < 1.29 is 5.94 Å². The van der Waals surface area contributed by atoms with Crippen molar-refractivity contribution in [2.75, 3.05) is 0 Å². The van der Waals surface area contributed by atoms with Crippen LogP contribution in [0.3, 0.4) is 0 Å². The maximum absolute atomic E-state index is 8.77. The van der Waals surface area contributed by atoms with Gasteiger partial charge in [0.2, 0.25) is 0 Å². The van der Waals surface area contributed by atoms with Crippen LogP contribution < -0.4 is 8.96 Å². The number of hydrogen-bond acceptors (Lipinski definition) is 0. The van der Waals surface area contributed by atoms with Crippen LogP contribution in [0.15, 0.2) is 60.8 Å². The van der Waals surface area contributed by atoms with Gasteiger partial charge < -0.3 is 0 Å². The van der Waals surface area contributed by atoms with Crippen molar-refractivity contribution >= 4 is 17.7 Å². The van der Waals surface area contributed by atoms with Crippen molar-refractivity contribution in [2.45, 2.75) is 43.9 Å². The van der Waals surface area contributed by atoms with Gasteiger partial charge in [0.25, 0.3) is 0 Å². The molecule has 0 spiro atoms. The zero-order valence-electron chi connectivity index (χ0n) is 18.7. The standard InChI is InChI=1S/C25H32GeN/c1-18(2)22-16-25(27(7)17-24(22)26(4,5)6)23-15-21(14-13-19(23)3)20-11-9-8-10-12-20/h8-18H,1-7H3/q+1/i18D. The van der Waals surface area contributed by atoms with Crippen molar-refractivity contribution in [3.63, 3.8) is 0 Å². The fraction of sp³-hybridized carbons (Fsp3) is 0.320. The SMILES string of the molecule is [2H]C(C)(C)c1cc(-c2cc(-c3ccccc3)ccc2C)[n+](C)c[c]1[Ge]([CH3])([CH3])[CH3]. The molecule has 1 nitrogen and oxygen atoms in total. The van der Waals surface area contributed by atoms with Crippen molar-refractivity contribution in [1.82, 2.24) is 0 Å². The van der Waals surface area contributed by atoms with Gasteiger partial charge in [-0.1, -0.05) is 0 Å². The molecule has 0 aliphatic heterocycles. The normalized spacial score (nSPS) is 12.8. The van der Waals surface area contributed by atoms with E-state index in [1.165, 1.54) is 37.9 Å². The molecule has 0 saturated heterocycles. The van der Waals surface area contributed by atoms with Crippen LogP contribution >= 0.6 is 0 Å². The molecule has 27 heavy (non-hydrogen) atoms. The summed E-state index contributed by atoms with van der Waals surface area (Å²) in [5.41, 5.74) is 7.31. The van der Waals surface area contributed by atoms with E-state index in [9.17, 15) is 0 Å². The number of aryl methyl sites for hydroxylation is 2. The molecule has 1 aromatic heterocycles. The molecular weight excluding hydrogens is 387 g/mol. The van der Waals surface area contributed by atoms with E-state index in [1.54, 1.807) is 0 Å². The number of benzene rings is 2. The van der Waals surface area contributed by atoms with Gasteiger partial charge >= 0.3 is 169 Å². The van der Waals surface area contributed by atoms with E-state index >= 15 is 0 Å². The Labute approximate surface area is 168 Å². The number of nitrogens with zero attached hydrogens (tertiary/aromatic N) is 1. The van der Waals surface area contributed by atoms with Crippen LogP contribution in [0.25, 0.3) is 22.4 Å². The van der Waals surface area contributed by atoms with E-state index in [0.717, 1.165) is 0 Å². The topological polar surface area (TPSA) is 3.88 Å². The van der Waals surface area contributed by atoms with Gasteiger partial charge in [-0.05, 0) is 0 Å². The van der Waals surface area contributed by atoms with E-state index < -0.39 is 19.2 Å². The first-order valence-corrected chi connectivity index (χ1v) is 17.0. The van der Waals surface area contributed by atoms with Crippen LogP contribution in [-0.2, 0) is 7.05 Å². The van der Waals surface area contributed by atoms with Gasteiger partial charge in [0.05, 0.1) is 0 Å². The summed E-state index contributed by atoms with van der Waals surface area (Å²) in [7, 11) is 2.14. The molecule has 3 aromatic rings. The summed E-state index contributed by atoms with van der Waals surface area (Å²) in [6, 6.07) is 19.5. The molecule has 3 rings (SSSR count). The van der Waals surface area contributed by atoms with Gasteiger partial charge in [0, 0.05) is 0 Å². The second kappa shape index (κ2) is 7.63. The Hall–Kier alpha value is -1.87. The van der Waals surface area contributed by atoms with Crippen molar-refractivity contribution in [1.29, 1.82) is 0 Å². The van der Waals surface area contributed by atoms with E-state index in [-0.39, 0.29) is 0 Å². The molecule has 0 bridgehead atoms. The van der Waals surface area contributed by atoms with Gasteiger partial charge in [0.15, 0.2) is 0 Å². The Bertz CT molecular complexity index is 996. The van der Waals surface area contributed by atoms with E-state index in [1.807, 2.05) is 13.8 Å². The van der Waals surface area contributed by atoms with Crippen molar-refractivity contribution in [2.24, 2.45) is 7.05 Å². The monoisotopic (exact) mass is 421 g/mol. The van der Waals surface area contributed by atoms with Crippen LogP contribution in [0.2, 0.25) is 17.3 Å². The molecule has 1 heterocycles. The molecule has 0 fully saturated rings. The van der Waals surface area contributed by atoms with Crippen LogP contribution in [0.4, 0.5) is 0 Å². The van der Waals surface area contributed by atoms with Gasteiger partial charge in [0.1, 0.15) is 0 Å². The van der Waals surface area contributed by atoms with Crippen LogP contribution in [0.5, 0.6) is 0 Å². The number of hydrogen-bond donors (Lipinski definition) is 0. The van der Waals surface area contributed by atoms with Gasteiger partial charge in [-0.3, -0.25) is 0 Å². The number of aromatic nitrogens is 1. The first-order valence-electron chi connectivity index (χ1n) is 10.2. The maximum atomic E-state index is 8.77. The first-order chi connectivity index (χ1) is 13.0. The summed E-state index contributed by atoms with van der Waals surface area (Å²) in [5.74, 6) is 6.62. The Morgan fingerprint density at radius 2 is 1.59 bits per heavy atom. The molecule has 2 heteroatoms. The molecule has 0 amide bonds. The molecule has 2 aromatic carbocycles. The first kappa shape index (κ1) is 18.5. The fourth-order valence-corrected chi connectivity index (χ4v) is 7.23. The van der Waals surface area contributed by atoms with E-state index in [4.69, 9.17) is 1.37 Å². The van der Waals surface area contributed by atoms with Gasteiger partial charge in [-0.15, -0.1) is 0 Å². The Morgan fingerprint density at radius 1 is 0.926 bits per heavy atom. The third-order valence-corrected chi connectivity index (χ3v) is 9.47. The van der Waals surface area contributed by atoms with Crippen LogP contribution in [0.1, 0.15) is 32.2 Å². The van der Waals surface area contributed by atoms with Gasteiger partial charge in [-0.25, -0.2) is 0 Å². The average Bonchev–Trinajstić information content (AvgIpc) is 2.61. The summed E-state index contributed by atoms with van der Waals surface area (Å²) in [6.45, 7) is 6.19. The summed E-state index contributed by atoms with van der Waals surface area (Å²) < 4.78 is 12.5. The predicted octanol–water partition coefficient (Wildman–Crippen LogP) is 5.82.